The molecule has 0 radical (unpaired) electrons. The highest BCUT2D eigenvalue weighted by atomic mass is 16.3. The zero-order valence-corrected chi connectivity index (χ0v) is 26.5. The first-order valence-electron chi connectivity index (χ1n) is 15.9. The van der Waals surface area contributed by atoms with Crippen molar-refractivity contribution in [2.45, 2.75) is 155 Å². The molecule has 0 amide bonds. The maximum Gasteiger partial charge on any atom is 0.0596 e. The van der Waals surface area contributed by atoms with E-state index in [1.807, 2.05) is 24.3 Å². The monoisotopic (exact) mass is 560 g/mol. The molecule has 0 aromatic rings. The summed E-state index contributed by atoms with van der Waals surface area (Å²) in [6.07, 6.45) is 24.3. The first-order chi connectivity index (χ1) is 18.8. The molecule has 0 aromatic heterocycles. The Morgan fingerprint density at radius 1 is 0.450 bits per heavy atom. The van der Waals surface area contributed by atoms with Gasteiger partial charge in [0.25, 0.3) is 0 Å². The van der Waals surface area contributed by atoms with Gasteiger partial charge in [-0.1, -0.05) is 77.7 Å². The van der Waals surface area contributed by atoms with Crippen molar-refractivity contribution >= 4 is 0 Å². The SMILES string of the molecule is C=CC[C@@]1(C)CCC[C@@H]1O.C=CC[C@@]1(C)CCC[C@H]1O.C=CC[C@]1(C)CCC[C@@H]1O.C=CC[C@]1(C)CCC[C@H]1O. The predicted octanol–water partition coefficient (Wildman–Crippen LogP) is 8.45. The van der Waals surface area contributed by atoms with Gasteiger partial charge >= 0.3 is 0 Å². The van der Waals surface area contributed by atoms with Crippen molar-refractivity contribution in [3.8, 4) is 0 Å². The molecule has 0 bridgehead atoms. The Balaban J connectivity index is 0.000000267. The summed E-state index contributed by atoms with van der Waals surface area (Å²) in [5.41, 5.74) is 0.562. The smallest absolute Gasteiger partial charge is 0.0596 e. The summed E-state index contributed by atoms with van der Waals surface area (Å²) in [6.45, 7) is 23.4. The molecule has 4 nitrogen and oxygen atoms in total. The zero-order valence-electron chi connectivity index (χ0n) is 26.5. The highest BCUT2D eigenvalue weighted by Gasteiger charge is 2.38. The molecule has 4 rings (SSSR count). The average molecular weight is 561 g/mol. The minimum absolute atomic E-state index is 0.0921. The number of allylic oxidation sites excluding steroid dienone is 4. The normalized spacial score (nSPS) is 40.0. The van der Waals surface area contributed by atoms with Crippen LogP contribution >= 0.6 is 0 Å². The second-order valence-electron chi connectivity index (χ2n) is 14.2. The lowest BCUT2D eigenvalue weighted by Crippen LogP contribution is -2.25. The van der Waals surface area contributed by atoms with Crippen molar-refractivity contribution in [3.05, 3.63) is 50.6 Å². The molecule has 0 heterocycles. The number of aliphatic hydroxyl groups excluding tert-OH is 4. The van der Waals surface area contributed by atoms with Crippen molar-refractivity contribution in [2.24, 2.45) is 21.7 Å². The predicted molar refractivity (Wildman–Crippen MR) is 171 cm³/mol. The van der Waals surface area contributed by atoms with Crippen molar-refractivity contribution in [2.75, 3.05) is 0 Å². The molecule has 4 aliphatic carbocycles. The van der Waals surface area contributed by atoms with Crippen LogP contribution in [0.2, 0.25) is 0 Å². The molecule has 4 heteroatoms. The van der Waals surface area contributed by atoms with Gasteiger partial charge in [-0.2, -0.15) is 0 Å². The zero-order chi connectivity index (χ0) is 30.5. The van der Waals surface area contributed by atoms with E-state index in [0.717, 1.165) is 77.0 Å². The largest absolute Gasteiger partial charge is 0.393 e. The molecule has 0 unspecified atom stereocenters. The van der Waals surface area contributed by atoms with Crippen LogP contribution in [0.1, 0.15) is 130 Å². The van der Waals surface area contributed by atoms with Crippen LogP contribution in [0.25, 0.3) is 0 Å². The highest BCUT2D eigenvalue weighted by molar-refractivity contribution is 4.95. The Labute approximate surface area is 247 Å². The van der Waals surface area contributed by atoms with Gasteiger partial charge in [0.15, 0.2) is 0 Å². The first-order valence-corrected chi connectivity index (χ1v) is 15.9. The fourth-order valence-electron chi connectivity index (χ4n) is 7.13. The van der Waals surface area contributed by atoms with Crippen molar-refractivity contribution in [3.63, 3.8) is 0 Å². The van der Waals surface area contributed by atoms with E-state index in [9.17, 15) is 20.4 Å². The third kappa shape index (κ3) is 10.6. The topological polar surface area (TPSA) is 80.9 Å². The van der Waals surface area contributed by atoms with E-state index in [-0.39, 0.29) is 46.1 Å². The summed E-state index contributed by atoms with van der Waals surface area (Å²) in [5, 5.41) is 38.1. The molecule has 4 saturated carbocycles. The lowest BCUT2D eigenvalue weighted by Gasteiger charge is -2.26. The summed E-state index contributed by atoms with van der Waals surface area (Å²) in [4.78, 5) is 0. The number of hydrogen-bond donors (Lipinski definition) is 4. The molecule has 0 aliphatic heterocycles. The Kier molecular flexibility index (Phi) is 15.7. The number of aliphatic hydroxyl groups is 4. The van der Waals surface area contributed by atoms with Gasteiger partial charge in [0.2, 0.25) is 0 Å². The third-order valence-electron chi connectivity index (χ3n) is 10.6. The Morgan fingerprint density at radius 2 is 0.625 bits per heavy atom. The van der Waals surface area contributed by atoms with E-state index >= 15 is 0 Å². The van der Waals surface area contributed by atoms with E-state index in [1.165, 1.54) is 25.7 Å². The minimum Gasteiger partial charge on any atom is -0.393 e. The summed E-state index contributed by atoms with van der Waals surface area (Å²) in [7, 11) is 0. The maximum absolute atomic E-state index is 9.53. The molecule has 0 saturated heterocycles. The van der Waals surface area contributed by atoms with Gasteiger partial charge in [0.05, 0.1) is 24.4 Å². The van der Waals surface area contributed by atoms with Crippen molar-refractivity contribution < 1.29 is 20.4 Å². The minimum atomic E-state index is -0.0921. The molecule has 232 valence electrons. The van der Waals surface area contributed by atoms with Crippen LogP contribution in [0.15, 0.2) is 50.6 Å². The molecule has 0 aromatic carbocycles. The van der Waals surface area contributed by atoms with Gasteiger partial charge in [-0.05, 0) is 98.7 Å². The van der Waals surface area contributed by atoms with E-state index < -0.39 is 0 Å². The standard InChI is InChI=1S/4C9H16O/c4*1-3-6-9(2)7-4-5-8(9)10/h4*3,8,10H,1,4-7H2,2H3/t2*8-,9+;2*8-,9-/m1010/s1. The lowest BCUT2D eigenvalue weighted by atomic mass is 9.83. The van der Waals surface area contributed by atoms with Gasteiger partial charge in [0.1, 0.15) is 0 Å². The van der Waals surface area contributed by atoms with E-state index in [4.69, 9.17) is 0 Å². The van der Waals surface area contributed by atoms with Crippen LogP contribution in [0, 0.1) is 21.7 Å². The van der Waals surface area contributed by atoms with Crippen LogP contribution in [-0.2, 0) is 0 Å². The molecule has 40 heavy (non-hydrogen) atoms. The maximum atomic E-state index is 9.53. The quantitative estimate of drug-likeness (QED) is 0.225. The second kappa shape index (κ2) is 17.0. The van der Waals surface area contributed by atoms with Gasteiger partial charge < -0.3 is 20.4 Å². The molecule has 4 fully saturated rings. The Hall–Kier alpha value is -1.20. The summed E-state index contributed by atoms with van der Waals surface area (Å²) in [5.74, 6) is 0. The van der Waals surface area contributed by atoms with E-state index in [1.54, 1.807) is 0 Å². The van der Waals surface area contributed by atoms with Gasteiger partial charge in [-0.3, -0.25) is 0 Å². The molecule has 4 aliphatic rings. The highest BCUT2D eigenvalue weighted by Crippen LogP contribution is 2.43. The fourth-order valence-corrected chi connectivity index (χ4v) is 7.13. The van der Waals surface area contributed by atoms with Crippen LogP contribution < -0.4 is 0 Å². The number of hydrogen-bond acceptors (Lipinski definition) is 4. The molecule has 8 atom stereocenters. The first kappa shape index (κ1) is 36.8. The summed E-state index contributed by atoms with van der Waals surface area (Å²) in [6, 6.07) is 0. The third-order valence-corrected chi connectivity index (χ3v) is 10.6. The van der Waals surface area contributed by atoms with Crippen LogP contribution in [0.4, 0.5) is 0 Å². The molecule has 4 N–H and O–H groups in total. The lowest BCUT2D eigenvalue weighted by molar-refractivity contribution is 0.0683. The van der Waals surface area contributed by atoms with Gasteiger partial charge in [0, 0.05) is 0 Å². The van der Waals surface area contributed by atoms with Gasteiger partial charge in [-0.15, -0.1) is 26.3 Å². The van der Waals surface area contributed by atoms with Crippen LogP contribution in [0.5, 0.6) is 0 Å². The van der Waals surface area contributed by atoms with Crippen molar-refractivity contribution in [1.29, 1.82) is 0 Å². The molecule has 0 spiro atoms. The number of rotatable bonds is 8. The Bertz CT molecular complexity index is 651. The summed E-state index contributed by atoms with van der Waals surface area (Å²) < 4.78 is 0. The summed E-state index contributed by atoms with van der Waals surface area (Å²) >= 11 is 0. The Morgan fingerprint density at radius 3 is 0.725 bits per heavy atom. The second-order valence-corrected chi connectivity index (χ2v) is 14.2. The van der Waals surface area contributed by atoms with E-state index in [0.29, 0.717) is 0 Å². The van der Waals surface area contributed by atoms with Crippen LogP contribution in [-0.4, -0.2) is 44.8 Å². The van der Waals surface area contributed by atoms with E-state index in [2.05, 4.69) is 54.0 Å². The van der Waals surface area contributed by atoms with Crippen LogP contribution in [0.3, 0.4) is 0 Å². The fraction of sp³-hybridized carbons (Fsp3) is 0.778. The molecular formula is C36H64O4. The molecular weight excluding hydrogens is 496 g/mol. The average Bonchev–Trinajstić information content (AvgIpc) is 3.60. The van der Waals surface area contributed by atoms with Crippen molar-refractivity contribution in [1.82, 2.24) is 0 Å². The van der Waals surface area contributed by atoms with Gasteiger partial charge in [-0.25, -0.2) is 0 Å².